The molecule has 0 atom stereocenters. The molecule has 0 N–H and O–H groups in total. The van der Waals surface area contributed by atoms with Gasteiger partial charge in [-0.15, -0.1) is 0 Å². The number of hydrogen-bond acceptors (Lipinski definition) is 5. The molecule has 0 aromatic heterocycles. The van der Waals surface area contributed by atoms with Crippen LogP contribution in [0.4, 0.5) is 0 Å². The lowest BCUT2D eigenvalue weighted by Gasteiger charge is -2.18. The van der Waals surface area contributed by atoms with Crippen molar-refractivity contribution in [2.45, 2.75) is 18.7 Å². The van der Waals surface area contributed by atoms with E-state index in [4.69, 9.17) is 10.00 Å². The molecule has 0 saturated carbocycles. The first-order valence-corrected chi connectivity index (χ1v) is 9.85. The standard InChI is InChI=1S/C20H20N2O4S/c1-3-22(4-2)27(24,25)19-11-8-16(9-12-19)10-13-20(23)26-18-7-5-6-17(14-18)15-21/h5-14H,3-4H2,1-2H3/b13-10+. The summed E-state index contributed by atoms with van der Waals surface area (Å²) in [6, 6.07) is 14.5. The van der Waals surface area contributed by atoms with Crippen LogP contribution >= 0.6 is 0 Å². The largest absolute Gasteiger partial charge is 0.423 e. The van der Waals surface area contributed by atoms with Gasteiger partial charge >= 0.3 is 5.97 Å². The van der Waals surface area contributed by atoms with Gasteiger partial charge in [-0.25, -0.2) is 13.2 Å². The summed E-state index contributed by atoms with van der Waals surface area (Å²) in [5.74, 6) is -0.311. The highest BCUT2D eigenvalue weighted by molar-refractivity contribution is 7.89. The summed E-state index contributed by atoms with van der Waals surface area (Å²) in [5, 5.41) is 8.84. The van der Waals surface area contributed by atoms with Gasteiger partial charge < -0.3 is 4.74 Å². The first-order valence-electron chi connectivity index (χ1n) is 8.41. The van der Waals surface area contributed by atoms with Crippen LogP contribution < -0.4 is 4.74 Å². The molecule has 6 nitrogen and oxygen atoms in total. The number of benzene rings is 2. The van der Waals surface area contributed by atoms with Gasteiger partial charge in [0.1, 0.15) is 5.75 Å². The number of nitriles is 1. The summed E-state index contributed by atoms with van der Waals surface area (Å²) in [6.45, 7) is 4.38. The van der Waals surface area contributed by atoms with Crippen LogP contribution in [0.15, 0.2) is 59.5 Å². The monoisotopic (exact) mass is 384 g/mol. The van der Waals surface area contributed by atoms with Crippen molar-refractivity contribution in [2.24, 2.45) is 0 Å². The SMILES string of the molecule is CCN(CC)S(=O)(=O)c1ccc(/C=C/C(=O)Oc2cccc(C#N)c2)cc1. The Morgan fingerprint density at radius 2 is 1.81 bits per heavy atom. The first kappa shape index (κ1) is 20.4. The van der Waals surface area contributed by atoms with Crippen molar-refractivity contribution in [3.05, 3.63) is 65.7 Å². The molecule has 0 radical (unpaired) electrons. The normalized spacial score (nSPS) is 11.5. The minimum atomic E-state index is -3.51. The van der Waals surface area contributed by atoms with Crippen LogP contribution in [0, 0.1) is 11.3 Å². The molecule has 0 unspecified atom stereocenters. The number of carbonyl (C=O) groups excluding carboxylic acids is 1. The Labute approximate surface area is 159 Å². The third-order valence-corrected chi connectivity index (χ3v) is 5.88. The van der Waals surface area contributed by atoms with Crippen LogP contribution in [0.2, 0.25) is 0 Å². The van der Waals surface area contributed by atoms with Gasteiger partial charge in [-0.2, -0.15) is 9.57 Å². The Balaban J connectivity index is 2.07. The van der Waals surface area contributed by atoms with Crippen molar-refractivity contribution in [1.82, 2.24) is 4.31 Å². The molecule has 7 heteroatoms. The predicted molar refractivity (Wildman–Crippen MR) is 102 cm³/mol. The maximum atomic E-state index is 12.4. The average Bonchev–Trinajstić information content (AvgIpc) is 2.67. The zero-order chi connectivity index (χ0) is 19.9. The number of nitrogens with zero attached hydrogens (tertiary/aromatic N) is 2. The number of carbonyl (C=O) groups is 1. The molecule has 0 amide bonds. The summed E-state index contributed by atoms with van der Waals surface area (Å²) in [4.78, 5) is 12.1. The topological polar surface area (TPSA) is 87.5 Å². The zero-order valence-corrected chi connectivity index (χ0v) is 15.9. The molecular weight excluding hydrogens is 364 g/mol. The van der Waals surface area contributed by atoms with E-state index in [1.807, 2.05) is 6.07 Å². The minimum absolute atomic E-state index is 0.208. The van der Waals surface area contributed by atoms with Gasteiger partial charge in [0.25, 0.3) is 0 Å². The smallest absolute Gasteiger partial charge is 0.336 e. The highest BCUT2D eigenvalue weighted by atomic mass is 32.2. The zero-order valence-electron chi connectivity index (χ0n) is 15.1. The van der Waals surface area contributed by atoms with Gasteiger partial charge in [0.2, 0.25) is 10.0 Å². The Morgan fingerprint density at radius 3 is 2.41 bits per heavy atom. The highest BCUT2D eigenvalue weighted by Crippen LogP contribution is 2.17. The van der Waals surface area contributed by atoms with E-state index < -0.39 is 16.0 Å². The van der Waals surface area contributed by atoms with Gasteiger partial charge in [-0.1, -0.05) is 32.0 Å². The lowest BCUT2D eigenvalue weighted by molar-refractivity contribution is -0.128. The van der Waals surface area contributed by atoms with Crippen molar-refractivity contribution in [3.63, 3.8) is 0 Å². The molecular formula is C20H20N2O4S. The van der Waals surface area contributed by atoms with E-state index >= 15 is 0 Å². The lowest BCUT2D eigenvalue weighted by atomic mass is 10.2. The molecule has 0 spiro atoms. The number of sulfonamides is 1. The minimum Gasteiger partial charge on any atom is -0.423 e. The van der Waals surface area contributed by atoms with Crippen molar-refractivity contribution >= 4 is 22.1 Å². The molecule has 140 valence electrons. The molecule has 0 heterocycles. The lowest BCUT2D eigenvalue weighted by Crippen LogP contribution is -2.30. The van der Waals surface area contributed by atoms with Crippen LogP contribution in [0.3, 0.4) is 0 Å². The van der Waals surface area contributed by atoms with Gasteiger partial charge in [0.05, 0.1) is 16.5 Å². The molecule has 0 bridgehead atoms. The van der Waals surface area contributed by atoms with Crippen LogP contribution in [-0.4, -0.2) is 31.8 Å². The molecule has 0 aliphatic heterocycles. The second-order valence-corrected chi connectivity index (χ2v) is 7.49. The molecule has 0 aliphatic rings. The van der Waals surface area contributed by atoms with E-state index in [1.165, 1.54) is 34.7 Å². The maximum Gasteiger partial charge on any atom is 0.336 e. The van der Waals surface area contributed by atoms with Crippen LogP contribution in [0.1, 0.15) is 25.0 Å². The average molecular weight is 384 g/mol. The Hall–Kier alpha value is -2.95. The van der Waals surface area contributed by atoms with Gasteiger partial charge in [0.15, 0.2) is 0 Å². The van der Waals surface area contributed by atoms with Crippen molar-refractivity contribution < 1.29 is 17.9 Å². The quantitative estimate of drug-likeness (QED) is 0.416. The second-order valence-electron chi connectivity index (χ2n) is 5.55. The maximum absolute atomic E-state index is 12.4. The van der Waals surface area contributed by atoms with Crippen LogP contribution in [0.25, 0.3) is 6.08 Å². The Kier molecular flexibility index (Phi) is 6.88. The van der Waals surface area contributed by atoms with E-state index in [0.717, 1.165) is 0 Å². The van der Waals surface area contributed by atoms with Crippen molar-refractivity contribution in [2.75, 3.05) is 13.1 Å². The van der Waals surface area contributed by atoms with E-state index in [1.54, 1.807) is 44.2 Å². The van der Waals surface area contributed by atoms with Crippen molar-refractivity contribution in [1.29, 1.82) is 5.26 Å². The number of ether oxygens (including phenoxy) is 1. The van der Waals surface area contributed by atoms with Crippen molar-refractivity contribution in [3.8, 4) is 11.8 Å². The fourth-order valence-corrected chi connectivity index (χ4v) is 3.87. The molecule has 2 rings (SSSR count). The van der Waals surface area contributed by atoms with Crippen LogP contribution in [0.5, 0.6) is 5.75 Å². The van der Waals surface area contributed by atoms with E-state index in [9.17, 15) is 13.2 Å². The van der Waals surface area contributed by atoms with Gasteiger partial charge in [0, 0.05) is 19.2 Å². The Morgan fingerprint density at radius 1 is 1.15 bits per heavy atom. The van der Waals surface area contributed by atoms with E-state index in [2.05, 4.69) is 0 Å². The molecule has 27 heavy (non-hydrogen) atoms. The highest BCUT2D eigenvalue weighted by Gasteiger charge is 2.20. The Bertz CT molecular complexity index is 970. The third-order valence-electron chi connectivity index (χ3n) is 3.82. The molecule has 0 saturated heterocycles. The predicted octanol–water partition coefficient (Wildman–Crippen LogP) is 3.21. The fourth-order valence-electron chi connectivity index (χ4n) is 2.41. The van der Waals surface area contributed by atoms with Gasteiger partial charge in [-0.3, -0.25) is 0 Å². The molecule has 0 aliphatic carbocycles. The molecule has 2 aromatic rings. The summed E-state index contributed by atoms with van der Waals surface area (Å²) in [7, 11) is -3.51. The first-order chi connectivity index (χ1) is 12.9. The summed E-state index contributed by atoms with van der Waals surface area (Å²) in [6.07, 6.45) is 2.78. The molecule has 0 fully saturated rings. The molecule has 2 aromatic carbocycles. The van der Waals surface area contributed by atoms with E-state index in [0.29, 0.717) is 24.2 Å². The second kappa shape index (κ2) is 9.12. The number of esters is 1. The summed E-state index contributed by atoms with van der Waals surface area (Å²) >= 11 is 0. The number of hydrogen-bond donors (Lipinski definition) is 0. The summed E-state index contributed by atoms with van der Waals surface area (Å²) in [5.41, 5.74) is 1.06. The third kappa shape index (κ3) is 5.26. The van der Waals surface area contributed by atoms with E-state index in [-0.39, 0.29) is 10.6 Å². The summed E-state index contributed by atoms with van der Waals surface area (Å²) < 4.78 is 31.4. The number of rotatable bonds is 7. The van der Waals surface area contributed by atoms with Crippen LogP contribution in [-0.2, 0) is 14.8 Å². The fraction of sp³-hybridized carbons (Fsp3) is 0.200. The van der Waals surface area contributed by atoms with Gasteiger partial charge in [-0.05, 0) is 42.0 Å².